The second-order valence-corrected chi connectivity index (χ2v) is 4.41. The second-order valence-electron chi connectivity index (χ2n) is 4.41. The molecule has 1 saturated carbocycles. The minimum absolute atomic E-state index is 0.0891. The number of nitrogens with two attached hydrogens (primary N) is 1. The summed E-state index contributed by atoms with van der Waals surface area (Å²) in [5, 5.41) is 6.02. The van der Waals surface area contributed by atoms with Crippen molar-refractivity contribution in [1.82, 2.24) is 10.3 Å². The van der Waals surface area contributed by atoms with Gasteiger partial charge in [0.2, 0.25) is 5.91 Å². The lowest BCUT2D eigenvalue weighted by atomic mass is 10.3. The highest BCUT2D eigenvalue weighted by atomic mass is 16.1. The summed E-state index contributed by atoms with van der Waals surface area (Å²) in [6.45, 7) is 2.46. The highest BCUT2D eigenvalue weighted by Crippen LogP contribution is 2.18. The first-order chi connectivity index (χ1) is 8.15. The zero-order chi connectivity index (χ0) is 12.3. The molecule has 1 heterocycles. The van der Waals surface area contributed by atoms with Gasteiger partial charge < -0.3 is 16.4 Å². The molecule has 1 aromatic heterocycles. The molecule has 0 bridgehead atoms. The standard InChI is InChI=1S/C12H18N4O/c1-8-2-5-10(13)12(15-8)14-7-6-11(17)16-9-3-4-9/h2,5,9H,3-4,6-7,13H2,1H3,(H,14,15)(H,16,17). The molecule has 5 heteroatoms. The number of aromatic nitrogens is 1. The summed E-state index contributed by atoms with van der Waals surface area (Å²) in [6.07, 6.45) is 2.68. The van der Waals surface area contributed by atoms with Crippen molar-refractivity contribution < 1.29 is 4.79 Å². The first-order valence-corrected chi connectivity index (χ1v) is 5.91. The molecule has 1 fully saturated rings. The Kier molecular flexibility index (Phi) is 3.46. The van der Waals surface area contributed by atoms with Crippen LogP contribution in [0.5, 0.6) is 0 Å². The molecule has 0 aromatic carbocycles. The molecule has 1 aliphatic rings. The lowest BCUT2D eigenvalue weighted by Gasteiger charge is -2.09. The highest BCUT2D eigenvalue weighted by Gasteiger charge is 2.22. The number of hydrogen-bond donors (Lipinski definition) is 3. The van der Waals surface area contributed by atoms with Gasteiger partial charge in [0.05, 0.1) is 5.69 Å². The van der Waals surface area contributed by atoms with Crippen LogP contribution in [0.25, 0.3) is 0 Å². The van der Waals surface area contributed by atoms with Gasteiger partial charge in [0.15, 0.2) is 0 Å². The number of nitrogens with zero attached hydrogens (tertiary/aromatic N) is 1. The van der Waals surface area contributed by atoms with Crippen LogP contribution in [0, 0.1) is 6.92 Å². The average Bonchev–Trinajstić information content (AvgIpc) is 3.07. The summed E-state index contributed by atoms with van der Waals surface area (Å²) in [7, 11) is 0. The quantitative estimate of drug-likeness (QED) is 0.711. The number of anilines is 2. The van der Waals surface area contributed by atoms with Gasteiger partial charge in [-0.3, -0.25) is 4.79 Å². The average molecular weight is 234 g/mol. The smallest absolute Gasteiger partial charge is 0.221 e. The molecule has 0 unspecified atom stereocenters. The van der Waals surface area contributed by atoms with Crippen molar-refractivity contribution in [2.75, 3.05) is 17.6 Å². The van der Waals surface area contributed by atoms with Gasteiger partial charge in [0.1, 0.15) is 5.82 Å². The summed E-state index contributed by atoms with van der Waals surface area (Å²) in [5.74, 6) is 0.746. The van der Waals surface area contributed by atoms with E-state index in [0.29, 0.717) is 30.5 Å². The minimum atomic E-state index is 0.0891. The summed E-state index contributed by atoms with van der Waals surface area (Å²) >= 11 is 0. The monoisotopic (exact) mass is 234 g/mol. The fraction of sp³-hybridized carbons (Fsp3) is 0.500. The Bertz CT molecular complexity index is 415. The number of rotatable bonds is 5. The van der Waals surface area contributed by atoms with Crippen LogP contribution in [-0.2, 0) is 4.79 Å². The molecular weight excluding hydrogens is 216 g/mol. The van der Waals surface area contributed by atoms with E-state index in [4.69, 9.17) is 5.73 Å². The second kappa shape index (κ2) is 5.03. The Labute approximate surface area is 101 Å². The molecule has 0 spiro atoms. The van der Waals surface area contributed by atoms with Gasteiger partial charge in [-0.25, -0.2) is 4.98 Å². The van der Waals surface area contributed by atoms with Gasteiger partial charge in [-0.15, -0.1) is 0 Å². The predicted octanol–water partition coefficient (Wildman–Crippen LogP) is 1.05. The van der Waals surface area contributed by atoms with Crippen molar-refractivity contribution in [1.29, 1.82) is 0 Å². The van der Waals surface area contributed by atoms with Crippen LogP contribution in [0.1, 0.15) is 25.0 Å². The lowest BCUT2D eigenvalue weighted by Crippen LogP contribution is -2.27. The van der Waals surface area contributed by atoms with Crippen LogP contribution in [-0.4, -0.2) is 23.5 Å². The van der Waals surface area contributed by atoms with Crippen molar-refractivity contribution >= 4 is 17.4 Å². The van der Waals surface area contributed by atoms with Crippen molar-refractivity contribution in [2.45, 2.75) is 32.2 Å². The number of aryl methyl sites for hydroxylation is 1. The first-order valence-electron chi connectivity index (χ1n) is 5.91. The molecule has 4 N–H and O–H groups in total. The third-order valence-corrected chi connectivity index (χ3v) is 2.65. The van der Waals surface area contributed by atoms with E-state index in [9.17, 15) is 4.79 Å². The van der Waals surface area contributed by atoms with E-state index in [1.54, 1.807) is 0 Å². The van der Waals surface area contributed by atoms with E-state index in [1.165, 1.54) is 0 Å². The van der Waals surface area contributed by atoms with Crippen LogP contribution >= 0.6 is 0 Å². The van der Waals surface area contributed by atoms with Crippen molar-refractivity contribution in [3.05, 3.63) is 17.8 Å². The maximum Gasteiger partial charge on any atom is 0.221 e. The maximum atomic E-state index is 11.4. The van der Waals surface area contributed by atoms with Gasteiger partial charge in [0.25, 0.3) is 0 Å². The van der Waals surface area contributed by atoms with Crippen LogP contribution < -0.4 is 16.4 Å². The molecule has 1 aromatic rings. The maximum absolute atomic E-state index is 11.4. The van der Waals surface area contributed by atoms with Gasteiger partial charge in [0, 0.05) is 24.7 Å². The number of hydrogen-bond acceptors (Lipinski definition) is 4. The van der Waals surface area contributed by atoms with Gasteiger partial charge >= 0.3 is 0 Å². The molecule has 0 atom stereocenters. The highest BCUT2D eigenvalue weighted by molar-refractivity contribution is 5.77. The fourth-order valence-corrected chi connectivity index (χ4v) is 1.53. The van der Waals surface area contributed by atoms with Gasteiger partial charge in [-0.1, -0.05) is 0 Å². The minimum Gasteiger partial charge on any atom is -0.396 e. The summed E-state index contributed by atoms with van der Waals surface area (Å²) < 4.78 is 0. The summed E-state index contributed by atoms with van der Waals surface area (Å²) in [6, 6.07) is 4.10. The van der Waals surface area contributed by atoms with Crippen molar-refractivity contribution in [2.24, 2.45) is 0 Å². The van der Waals surface area contributed by atoms with E-state index in [1.807, 2.05) is 19.1 Å². The number of carbonyl (C=O) groups excluding carboxylic acids is 1. The number of nitrogens with one attached hydrogen (secondary N) is 2. The van der Waals surface area contributed by atoms with Crippen molar-refractivity contribution in [3.8, 4) is 0 Å². The van der Waals surface area contributed by atoms with Crippen LogP contribution in [0.15, 0.2) is 12.1 Å². The largest absolute Gasteiger partial charge is 0.396 e. The normalized spacial score (nSPS) is 14.4. The Morgan fingerprint density at radius 2 is 2.29 bits per heavy atom. The van der Waals surface area contributed by atoms with Gasteiger partial charge in [-0.05, 0) is 31.9 Å². The van der Waals surface area contributed by atoms with Crippen LogP contribution in [0.4, 0.5) is 11.5 Å². The molecule has 2 rings (SSSR count). The number of carbonyl (C=O) groups is 1. The molecule has 0 radical (unpaired) electrons. The van der Waals surface area contributed by atoms with E-state index in [2.05, 4.69) is 15.6 Å². The zero-order valence-electron chi connectivity index (χ0n) is 9.99. The van der Waals surface area contributed by atoms with E-state index in [-0.39, 0.29) is 5.91 Å². The molecule has 5 nitrogen and oxygen atoms in total. The molecule has 17 heavy (non-hydrogen) atoms. The number of amides is 1. The first kappa shape index (κ1) is 11.7. The van der Waals surface area contributed by atoms with E-state index < -0.39 is 0 Å². The Hall–Kier alpha value is -1.78. The van der Waals surface area contributed by atoms with E-state index in [0.717, 1.165) is 18.5 Å². The Morgan fingerprint density at radius 3 is 3.00 bits per heavy atom. The molecule has 92 valence electrons. The molecule has 1 amide bonds. The van der Waals surface area contributed by atoms with E-state index >= 15 is 0 Å². The predicted molar refractivity (Wildman–Crippen MR) is 67.7 cm³/mol. The zero-order valence-corrected chi connectivity index (χ0v) is 9.99. The number of nitrogen functional groups attached to an aromatic ring is 1. The topological polar surface area (TPSA) is 80.0 Å². The van der Waals surface area contributed by atoms with Crippen LogP contribution in [0.3, 0.4) is 0 Å². The summed E-state index contributed by atoms with van der Waals surface area (Å²) in [4.78, 5) is 15.7. The third-order valence-electron chi connectivity index (χ3n) is 2.65. The summed E-state index contributed by atoms with van der Waals surface area (Å²) in [5.41, 5.74) is 7.29. The van der Waals surface area contributed by atoms with Crippen LogP contribution in [0.2, 0.25) is 0 Å². The van der Waals surface area contributed by atoms with Gasteiger partial charge in [-0.2, -0.15) is 0 Å². The Balaban J connectivity index is 1.76. The Morgan fingerprint density at radius 1 is 1.53 bits per heavy atom. The van der Waals surface area contributed by atoms with Crippen molar-refractivity contribution in [3.63, 3.8) is 0 Å². The SMILES string of the molecule is Cc1ccc(N)c(NCCC(=O)NC2CC2)n1. The molecule has 0 aliphatic heterocycles. The fourth-order valence-electron chi connectivity index (χ4n) is 1.53. The third kappa shape index (κ3) is 3.62. The number of pyridine rings is 1. The molecule has 1 aliphatic carbocycles. The molecule has 0 saturated heterocycles. The molecular formula is C12H18N4O. The lowest BCUT2D eigenvalue weighted by molar-refractivity contribution is -0.120.